The molecule has 4 heteroatoms. The number of amides is 1. The van der Waals surface area contributed by atoms with Crippen LogP contribution in [0.25, 0.3) is 0 Å². The second-order valence-corrected chi connectivity index (χ2v) is 5.30. The van der Waals surface area contributed by atoms with E-state index in [-0.39, 0.29) is 11.4 Å². The van der Waals surface area contributed by atoms with Crippen LogP contribution in [0.1, 0.15) is 32.3 Å². The van der Waals surface area contributed by atoms with Gasteiger partial charge in [-0.3, -0.25) is 4.79 Å². The van der Waals surface area contributed by atoms with Gasteiger partial charge < -0.3 is 10.1 Å². The smallest absolute Gasteiger partial charge is 0.224 e. The Labute approximate surface area is 120 Å². The molecule has 0 aliphatic rings. The van der Waals surface area contributed by atoms with Crippen molar-refractivity contribution < 1.29 is 9.53 Å². The first kappa shape index (κ1) is 15.8. The fourth-order valence-corrected chi connectivity index (χ4v) is 2.26. The van der Waals surface area contributed by atoms with E-state index in [0.717, 1.165) is 24.2 Å². The fourth-order valence-electron chi connectivity index (χ4n) is 1.85. The van der Waals surface area contributed by atoms with Gasteiger partial charge >= 0.3 is 0 Å². The number of rotatable bonds is 7. The summed E-state index contributed by atoms with van der Waals surface area (Å²) in [7, 11) is 1.63. The Morgan fingerprint density at radius 1 is 1.37 bits per heavy atom. The zero-order valence-corrected chi connectivity index (χ0v) is 12.6. The topological polar surface area (TPSA) is 38.3 Å². The van der Waals surface area contributed by atoms with Crippen molar-refractivity contribution in [3.63, 3.8) is 0 Å². The largest absolute Gasteiger partial charge is 0.497 e. The lowest BCUT2D eigenvalue weighted by molar-refractivity contribution is -0.122. The highest BCUT2D eigenvalue weighted by atomic mass is 35.5. The molecular weight excluding hydrogens is 262 g/mol. The van der Waals surface area contributed by atoms with Crippen LogP contribution in [0.15, 0.2) is 24.3 Å². The Hall–Kier alpha value is -1.22. The normalized spacial score (nSPS) is 13.7. The highest BCUT2D eigenvalue weighted by Crippen LogP contribution is 2.16. The van der Waals surface area contributed by atoms with E-state index in [9.17, 15) is 4.79 Å². The lowest BCUT2D eigenvalue weighted by Gasteiger charge is -2.29. The van der Waals surface area contributed by atoms with Crippen molar-refractivity contribution in [1.82, 2.24) is 5.32 Å². The van der Waals surface area contributed by atoms with Crippen LogP contribution in [-0.2, 0) is 11.2 Å². The molecule has 0 fully saturated rings. The van der Waals surface area contributed by atoms with Crippen LogP contribution < -0.4 is 10.1 Å². The third kappa shape index (κ3) is 5.11. The number of benzene rings is 1. The number of carbonyl (C=O) groups excluding carboxylic acids is 1. The molecule has 1 unspecified atom stereocenters. The van der Waals surface area contributed by atoms with Crippen LogP contribution in [0.4, 0.5) is 0 Å². The minimum absolute atomic E-state index is 0.0274. The van der Waals surface area contributed by atoms with Crippen LogP contribution in [0.3, 0.4) is 0 Å². The molecule has 0 saturated carbocycles. The van der Waals surface area contributed by atoms with Gasteiger partial charge in [0, 0.05) is 11.4 Å². The first-order valence-electron chi connectivity index (χ1n) is 6.53. The van der Waals surface area contributed by atoms with Crippen molar-refractivity contribution in [1.29, 1.82) is 0 Å². The van der Waals surface area contributed by atoms with Crippen LogP contribution in [0.5, 0.6) is 5.75 Å². The van der Waals surface area contributed by atoms with Crippen LogP contribution in [0, 0.1) is 0 Å². The summed E-state index contributed by atoms with van der Waals surface area (Å²) in [6.07, 6.45) is 2.02. The summed E-state index contributed by atoms with van der Waals surface area (Å²) in [6.45, 7) is 4.08. The van der Waals surface area contributed by atoms with Crippen LogP contribution in [-0.4, -0.2) is 24.4 Å². The van der Waals surface area contributed by atoms with Gasteiger partial charge in [0.25, 0.3) is 0 Å². The maximum atomic E-state index is 12.0. The molecule has 1 atom stereocenters. The van der Waals surface area contributed by atoms with E-state index in [1.807, 2.05) is 31.2 Å². The summed E-state index contributed by atoms with van der Waals surface area (Å²) < 4.78 is 5.09. The van der Waals surface area contributed by atoms with Gasteiger partial charge in [-0.2, -0.15) is 0 Å². The van der Waals surface area contributed by atoms with Crippen molar-refractivity contribution in [2.24, 2.45) is 0 Å². The lowest BCUT2D eigenvalue weighted by Crippen LogP contribution is -2.46. The van der Waals surface area contributed by atoms with Crippen molar-refractivity contribution in [2.75, 3.05) is 13.0 Å². The quantitative estimate of drug-likeness (QED) is 0.781. The van der Waals surface area contributed by atoms with E-state index in [2.05, 4.69) is 12.2 Å². The molecule has 1 aromatic carbocycles. The third-order valence-corrected chi connectivity index (χ3v) is 3.58. The molecule has 1 amide bonds. The number of ether oxygens (including phenoxy) is 1. The average molecular weight is 284 g/mol. The van der Waals surface area contributed by atoms with Gasteiger partial charge in [-0.1, -0.05) is 19.1 Å². The van der Waals surface area contributed by atoms with Gasteiger partial charge in [0.15, 0.2) is 0 Å². The predicted molar refractivity (Wildman–Crippen MR) is 78.9 cm³/mol. The zero-order chi connectivity index (χ0) is 14.3. The Kier molecular flexibility index (Phi) is 6.16. The van der Waals surface area contributed by atoms with Crippen molar-refractivity contribution in [3.05, 3.63) is 29.8 Å². The summed E-state index contributed by atoms with van der Waals surface area (Å²) in [4.78, 5) is 12.0. The van der Waals surface area contributed by atoms with Crippen molar-refractivity contribution in [2.45, 2.75) is 38.6 Å². The third-order valence-electron chi connectivity index (χ3n) is 3.39. The molecule has 0 aliphatic heterocycles. The Bertz CT molecular complexity index is 405. The van der Waals surface area contributed by atoms with E-state index < -0.39 is 0 Å². The number of halogens is 1. The molecule has 1 N–H and O–H groups in total. The fraction of sp³-hybridized carbons (Fsp3) is 0.533. The van der Waals surface area contributed by atoms with Gasteiger partial charge in [0.1, 0.15) is 5.75 Å². The molecular formula is C15H22ClNO2. The average Bonchev–Trinajstić information content (AvgIpc) is 2.39. The van der Waals surface area contributed by atoms with Gasteiger partial charge in [-0.15, -0.1) is 11.6 Å². The molecule has 0 aliphatic carbocycles. The summed E-state index contributed by atoms with van der Waals surface area (Å²) in [6, 6.07) is 7.54. The first-order valence-corrected chi connectivity index (χ1v) is 7.06. The van der Waals surface area contributed by atoms with Gasteiger partial charge in [0.05, 0.1) is 13.5 Å². The number of nitrogens with one attached hydrogen (secondary N) is 1. The molecule has 0 radical (unpaired) electrons. The molecule has 19 heavy (non-hydrogen) atoms. The molecule has 0 bridgehead atoms. The number of alkyl halides is 1. The minimum Gasteiger partial charge on any atom is -0.497 e. The lowest BCUT2D eigenvalue weighted by atomic mass is 9.95. The number of hydrogen-bond acceptors (Lipinski definition) is 2. The summed E-state index contributed by atoms with van der Waals surface area (Å²) in [5, 5.41) is 3.07. The summed E-state index contributed by atoms with van der Waals surface area (Å²) in [5.74, 6) is 1.37. The van der Waals surface area contributed by atoms with E-state index >= 15 is 0 Å². The first-order chi connectivity index (χ1) is 9.03. The number of hydrogen-bond donors (Lipinski definition) is 1. The van der Waals surface area contributed by atoms with Crippen LogP contribution >= 0.6 is 11.6 Å². The predicted octanol–water partition coefficient (Wildman–Crippen LogP) is 3.15. The zero-order valence-electron chi connectivity index (χ0n) is 11.8. The van der Waals surface area contributed by atoms with Gasteiger partial charge in [-0.25, -0.2) is 0 Å². The maximum absolute atomic E-state index is 12.0. The molecule has 0 spiro atoms. The van der Waals surface area contributed by atoms with Gasteiger partial charge in [0.2, 0.25) is 5.91 Å². The monoisotopic (exact) mass is 283 g/mol. The highest BCUT2D eigenvalue weighted by Gasteiger charge is 2.23. The maximum Gasteiger partial charge on any atom is 0.224 e. The van der Waals surface area contributed by atoms with Gasteiger partial charge in [-0.05, 0) is 37.5 Å². The molecule has 0 heterocycles. The standard InChI is InChI=1S/C15H22ClNO2/c1-4-15(2,9-10-16)17-14(18)11-12-5-7-13(19-3)8-6-12/h5-8H,4,9-11H2,1-3H3,(H,17,18). The van der Waals surface area contributed by atoms with Crippen LogP contribution in [0.2, 0.25) is 0 Å². The van der Waals surface area contributed by atoms with Crippen molar-refractivity contribution >= 4 is 17.5 Å². The van der Waals surface area contributed by atoms with E-state index in [0.29, 0.717) is 12.3 Å². The van der Waals surface area contributed by atoms with Crippen molar-refractivity contribution in [3.8, 4) is 5.75 Å². The summed E-state index contributed by atoms with van der Waals surface area (Å²) >= 11 is 5.78. The molecule has 0 aromatic heterocycles. The Balaban J connectivity index is 2.58. The Morgan fingerprint density at radius 2 is 2.00 bits per heavy atom. The molecule has 0 saturated heterocycles. The molecule has 1 aromatic rings. The minimum atomic E-state index is -0.217. The second kappa shape index (κ2) is 7.39. The van der Waals surface area contributed by atoms with E-state index in [1.165, 1.54) is 0 Å². The molecule has 106 valence electrons. The highest BCUT2D eigenvalue weighted by molar-refractivity contribution is 6.17. The number of carbonyl (C=O) groups is 1. The van der Waals surface area contributed by atoms with E-state index in [1.54, 1.807) is 7.11 Å². The molecule has 1 rings (SSSR count). The Morgan fingerprint density at radius 3 is 2.47 bits per heavy atom. The summed E-state index contributed by atoms with van der Waals surface area (Å²) in [5.41, 5.74) is 0.758. The van der Waals surface area contributed by atoms with E-state index in [4.69, 9.17) is 16.3 Å². The molecule has 3 nitrogen and oxygen atoms in total. The SMILES string of the molecule is CCC(C)(CCCl)NC(=O)Cc1ccc(OC)cc1. The number of methoxy groups -OCH3 is 1. The second-order valence-electron chi connectivity index (χ2n) is 4.93.